The highest BCUT2D eigenvalue weighted by atomic mass is 31.2. The maximum Gasteiger partial charge on any atom is 0.322 e. The zero-order valence-corrected chi connectivity index (χ0v) is 15.8. The van der Waals surface area contributed by atoms with Gasteiger partial charge in [0.2, 0.25) is 0 Å². The van der Waals surface area contributed by atoms with Crippen molar-refractivity contribution in [2.75, 3.05) is 0 Å². The highest BCUT2D eigenvalue weighted by molar-refractivity contribution is 7.45. The van der Waals surface area contributed by atoms with Gasteiger partial charge in [0.1, 0.15) is 5.75 Å². The average molecular weight is 342 g/mol. The van der Waals surface area contributed by atoms with Gasteiger partial charge in [-0.3, -0.25) is 10.1 Å². The van der Waals surface area contributed by atoms with E-state index < -0.39 is 13.4 Å². The van der Waals surface area contributed by atoms with Crippen molar-refractivity contribution in [3.63, 3.8) is 0 Å². The number of nitrogens with zero attached hydrogens (tertiary/aromatic N) is 2. The molecule has 0 bridgehead atoms. The monoisotopic (exact) mass is 342 g/mol. The molecule has 0 saturated heterocycles. The number of hydrogen-bond acceptors (Lipinski definition) is 5. The molecule has 0 radical (unpaired) electrons. The van der Waals surface area contributed by atoms with Gasteiger partial charge < -0.3 is 9.05 Å². The fourth-order valence-corrected chi connectivity index (χ4v) is 3.79. The molecule has 0 saturated carbocycles. The van der Waals surface area contributed by atoms with Gasteiger partial charge in [-0.2, -0.15) is 0 Å². The average Bonchev–Trinajstić information content (AvgIpc) is 2.36. The lowest BCUT2D eigenvalue weighted by Gasteiger charge is -2.38. The summed E-state index contributed by atoms with van der Waals surface area (Å²) in [6.07, 6.45) is 0. The Balaban J connectivity index is 3.02. The second kappa shape index (κ2) is 8.04. The summed E-state index contributed by atoms with van der Waals surface area (Å²) in [5.74, 6) is 0.567. The maximum atomic E-state index is 10.7. The molecule has 0 aliphatic heterocycles. The van der Waals surface area contributed by atoms with Crippen molar-refractivity contribution >= 4 is 14.2 Å². The van der Waals surface area contributed by atoms with Gasteiger partial charge in [0.25, 0.3) is 5.69 Å². The fourth-order valence-electron chi connectivity index (χ4n) is 2.04. The number of non-ortho nitro benzene ring substituents is 1. The highest BCUT2D eigenvalue weighted by Gasteiger charge is 2.32. The topological polar surface area (TPSA) is 64.8 Å². The fraction of sp³-hybridized carbons (Fsp3) is 0.625. The van der Waals surface area contributed by atoms with E-state index >= 15 is 0 Å². The van der Waals surface area contributed by atoms with E-state index in [1.807, 2.05) is 20.8 Å². The first-order valence-corrected chi connectivity index (χ1v) is 8.84. The lowest BCUT2D eigenvalue weighted by Crippen LogP contribution is -2.36. The molecule has 1 unspecified atom stereocenters. The Morgan fingerprint density at radius 3 is 1.91 bits per heavy atom. The van der Waals surface area contributed by atoms with Crippen LogP contribution in [0.25, 0.3) is 0 Å². The highest BCUT2D eigenvalue weighted by Crippen LogP contribution is 2.49. The Kier molecular flexibility index (Phi) is 6.93. The number of nitro benzene ring substituents is 1. The maximum absolute atomic E-state index is 10.7. The summed E-state index contributed by atoms with van der Waals surface area (Å²) in [5.41, 5.74) is -0.308. The second-order valence-corrected chi connectivity index (χ2v) is 8.15. The molecule has 1 rings (SSSR count). The van der Waals surface area contributed by atoms with Gasteiger partial charge in [0, 0.05) is 24.2 Å². The second-order valence-electron chi connectivity index (χ2n) is 6.85. The van der Waals surface area contributed by atoms with Crippen molar-refractivity contribution in [3.8, 4) is 5.75 Å². The van der Waals surface area contributed by atoms with Crippen LogP contribution in [0.15, 0.2) is 24.3 Å². The Bertz CT molecular complexity index is 504. The molecule has 1 atom stereocenters. The van der Waals surface area contributed by atoms with Crippen molar-refractivity contribution in [1.82, 2.24) is 4.67 Å². The minimum absolute atomic E-state index is 0.0444. The molecular weight excluding hydrogens is 315 g/mol. The smallest absolute Gasteiger partial charge is 0.322 e. The molecular formula is C16H27N2O4P. The van der Waals surface area contributed by atoms with Crippen molar-refractivity contribution in [2.45, 2.75) is 66.2 Å². The molecule has 6 nitrogen and oxygen atoms in total. The predicted octanol–water partition coefficient (Wildman–Crippen LogP) is 5.13. The number of nitro groups is 1. The van der Waals surface area contributed by atoms with E-state index in [4.69, 9.17) is 9.05 Å². The normalized spacial score (nSPS) is 13.7. The Labute approximate surface area is 139 Å². The van der Waals surface area contributed by atoms with E-state index in [2.05, 4.69) is 32.4 Å². The third-order valence-corrected chi connectivity index (χ3v) is 5.20. The number of benzene rings is 1. The van der Waals surface area contributed by atoms with Crippen LogP contribution in [0.5, 0.6) is 5.75 Å². The third-order valence-electron chi connectivity index (χ3n) is 2.83. The zero-order valence-electron chi connectivity index (χ0n) is 14.9. The van der Waals surface area contributed by atoms with Gasteiger partial charge in [0.05, 0.1) is 10.5 Å². The lowest BCUT2D eigenvalue weighted by atomic mass is 10.2. The molecule has 0 aliphatic carbocycles. The summed E-state index contributed by atoms with van der Waals surface area (Å²) < 4.78 is 14.4. The lowest BCUT2D eigenvalue weighted by molar-refractivity contribution is -0.384. The van der Waals surface area contributed by atoms with Crippen molar-refractivity contribution in [3.05, 3.63) is 34.4 Å². The van der Waals surface area contributed by atoms with E-state index in [9.17, 15) is 10.1 Å². The minimum Gasteiger partial charge on any atom is -0.436 e. The standard InChI is InChI=1S/C16H27N2O4P/c1-12(2)17(13(3)4)23(22-16(5,6)7)21-15-10-8-14(9-11-15)18(19)20/h8-13H,1-7H3. The molecule has 0 N–H and O–H groups in total. The number of hydrogen-bond donors (Lipinski definition) is 0. The van der Waals surface area contributed by atoms with Gasteiger partial charge in [-0.05, 0) is 60.6 Å². The van der Waals surface area contributed by atoms with Gasteiger partial charge in [-0.15, -0.1) is 0 Å². The minimum atomic E-state index is -1.33. The van der Waals surface area contributed by atoms with Crippen LogP contribution in [-0.2, 0) is 4.52 Å². The van der Waals surface area contributed by atoms with E-state index in [1.165, 1.54) is 12.1 Å². The van der Waals surface area contributed by atoms with E-state index in [0.29, 0.717) is 5.75 Å². The first kappa shape index (κ1) is 19.8. The van der Waals surface area contributed by atoms with Crippen LogP contribution in [-0.4, -0.2) is 27.3 Å². The largest absolute Gasteiger partial charge is 0.436 e. The zero-order chi connectivity index (χ0) is 17.8. The molecule has 7 heteroatoms. The molecule has 0 heterocycles. The molecule has 130 valence electrons. The van der Waals surface area contributed by atoms with Gasteiger partial charge in [-0.1, -0.05) is 0 Å². The molecule has 0 aromatic heterocycles. The quantitative estimate of drug-likeness (QED) is 0.390. The molecule has 23 heavy (non-hydrogen) atoms. The van der Waals surface area contributed by atoms with E-state index in [-0.39, 0.29) is 23.4 Å². The first-order valence-electron chi connectivity index (χ1n) is 7.71. The summed E-state index contributed by atoms with van der Waals surface area (Å²) in [4.78, 5) is 10.3. The summed E-state index contributed by atoms with van der Waals surface area (Å²) in [6, 6.07) is 6.60. The molecule has 0 amide bonds. The Morgan fingerprint density at radius 1 is 1.09 bits per heavy atom. The molecule has 1 aromatic rings. The van der Waals surface area contributed by atoms with Crippen molar-refractivity contribution < 1.29 is 14.0 Å². The van der Waals surface area contributed by atoms with Crippen LogP contribution in [0.3, 0.4) is 0 Å². The van der Waals surface area contributed by atoms with Gasteiger partial charge in [0.15, 0.2) is 0 Å². The number of rotatable bonds is 7. The summed E-state index contributed by atoms with van der Waals surface area (Å²) in [7, 11) is -1.33. The van der Waals surface area contributed by atoms with Crippen LogP contribution in [0.2, 0.25) is 0 Å². The molecule has 1 aromatic carbocycles. The van der Waals surface area contributed by atoms with Gasteiger partial charge >= 0.3 is 8.53 Å². The molecule has 0 aliphatic rings. The first-order chi connectivity index (χ1) is 10.5. The Morgan fingerprint density at radius 2 is 1.57 bits per heavy atom. The summed E-state index contributed by atoms with van der Waals surface area (Å²) >= 11 is 0. The molecule has 0 fully saturated rings. The van der Waals surface area contributed by atoms with Crippen LogP contribution < -0.4 is 4.52 Å². The van der Waals surface area contributed by atoms with Crippen LogP contribution >= 0.6 is 8.53 Å². The SMILES string of the molecule is CC(C)N(C(C)C)P(Oc1ccc([N+](=O)[O-])cc1)OC(C)(C)C. The third kappa shape index (κ3) is 6.42. The van der Waals surface area contributed by atoms with Crippen molar-refractivity contribution in [2.24, 2.45) is 0 Å². The van der Waals surface area contributed by atoms with Gasteiger partial charge in [-0.25, -0.2) is 4.67 Å². The van der Waals surface area contributed by atoms with Crippen LogP contribution in [0.1, 0.15) is 48.5 Å². The summed E-state index contributed by atoms with van der Waals surface area (Å²) in [6.45, 7) is 14.4. The summed E-state index contributed by atoms with van der Waals surface area (Å²) in [5, 5.41) is 10.7. The molecule has 0 spiro atoms. The van der Waals surface area contributed by atoms with Crippen LogP contribution in [0, 0.1) is 10.1 Å². The van der Waals surface area contributed by atoms with Crippen molar-refractivity contribution in [1.29, 1.82) is 0 Å². The Hall–Kier alpha value is -1.23. The van der Waals surface area contributed by atoms with E-state index in [0.717, 1.165) is 0 Å². The predicted molar refractivity (Wildman–Crippen MR) is 93.6 cm³/mol. The van der Waals surface area contributed by atoms with E-state index in [1.54, 1.807) is 12.1 Å². The van der Waals surface area contributed by atoms with Crippen LogP contribution in [0.4, 0.5) is 5.69 Å².